The number of nitrogens with zero attached hydrogens (tertiary/aromatic N) is 4. The Labute approximate surface area is 148 Å². The smallest absolute Gasteiger partial charge is 0.246 e. The highest BCUT2D eigenvalue weighted by atomic mass is 19.1. The lowest BCUT2D eigenvalue weighted by molar-refractivity contribution is 0.193. The lowest BCUT2D eigenvalue weighted by Crippen LogP contribution is -2.04. The number of benzene rings is 1. The fourth-order valence-electron chi connectivity index (χ4n) is 2.90. The van der Waals surface area contributed by atoms with Crippen LogP contribution in [0.2, 0.25) is 0 Å². The van der Waals surface area contributed by atoms with E-state index in [1.54, 1.807) is 6.20 Å². The number of nitrogens with one attached hydrogen (secondary N) is 1. The zero-order valence-corrected chi connectivity index (χ0v) is 14.1. The number of pyridine rings is 1. The fraction of sp³-hybridized carbons (Fsp3) is 0.278. The van der Waals surface area contributed by atoms with Crippen molar-refractivity contribution in [1.82, 2.24) is 19.7 Å². The van der Waals surface area contributed by atoms with Crippen LogP contribution in [0.25, 0.3) is 5.69 Å². The lowest BCUT2D eigenvalue weighted by atomic mass is 10.0. The molecular formula is C18H17F2N5O. The van der Waals surface area contributed by atoms with E-state index in [4.69, 9.17) is 4.74 Å². The number of ether oxygens (including phenoxy) is 1. The summed E-state index contributed by atoms with van der Waals surface area (Å²) in [4.78, 5) is 8.65. The Morgan fingerprint density at radius 2 is 1.96 bits per heavy atom. The topological polar surface area (TPSA) is 64.9 Å². The van der Waals surface area contributed by atoms with E-state index in [1.807, 2.05) is 13.0 Å². The number of halogens is 2. The number of rotatable bonds is 4. The Bertz CT molecular complexity index is 917. The van der Waals surface area contributed by atoms with Crippen molar-refractivity contribution < 1.29 is 13.5 Å². The van der Waals surface area contributed by atoms with E-state index in [9.17, 15) is 8.78 Å². The van der Waals surface area contributed by atoms with Crippen LogP contribution in [0.15, 0.2) is 36.8 Å². The average Bonchev–Trinajstić information content (AvgIpc) is 3.28. The zero-order valence-electron chi connectivity index (χ0n) is 14.1. The fourth-order valence-corrected chi connectivity index (χ4v) is 2.90. The van der Waals surface area contributed by atoms with Crippen molar-refractivity contribution >= 4 is 11.6 Å². The van der Waals surface area contributed by atoms with E-state index in [1.165, 1.54) is 23.1 Å². The summed E-state index contributed by atoms with van der Waals surface area (Å²) in [6, 6.07) is 5.17. The maximum Gasteiger partial charge on any atom is 0.246 e. The maximum atomic E-state index is 13.4. The van der Waals surface area contributed by atoms with Crippen LogP contribution in [0.4, 0.5) is 20.4 Å². The number of hydrogen-bond donors (Lipinski definition) is 1. The normalized spacial score (nSPS) is 16.8. The van der Waals surface area contributed by atoms with Crippen LogP contribution in [-0.4, -0.2) is 33.0 Å². The molecule has 0 spiro atoms. The van der Waals surface area contributed by atoms with Gasteiger partial charge in [-0.15, -0.1) is 5.10 Å². The quantitative estimate of drug-likeness (QED) is 0.774. The van der Waals surface area contributed by atoms with Gasteiger partial charge < -0.3 is 10.1 Å². The van der Waals surface area contributed by atoms with Gasteiger partial charge in [0.05, 0.1) is 12.3 Å². The Morgan fingerprint density at radius 1 is 1.15 bits per heavy atom. The molecule has 6 nitrogen and oxygen atoms in total. The van der Waals surface area contributed by atoms with Gasteiger partial charge in [0.15, 0.2) is 0 Å². The highest BCUT2D eigenvalue weighted by Gasteiger charge is 2.20. The molecule has 0 radical (unpaired) electrons. The van der Waals surface area contributed by atoms with Gasteiger partial charge in [0.1, 0.15) is 18.0 Å². The molecule has 1 aliphatic heterocycles. The number of aromatic nitrogens is 4. The molecule has 134 valence electrons. The molecule has 1 atom stereocenters. The van der Waals surface area contributed by atoms with Crippen LogP contribution < -0.4 is 5.32 Å². The number of aryl methyl sites for hydroxylation is 1. The first kappa shape index (κ1) is 16.6. The second-order valence-corrected chi connectivity index (χ2v) is 6.25. The Morgan fingerprint density at radius 3 is 2.69 bits per heavy atom. The molecule has 1 saturated heterocycles. The second-order valence-electron chi connectivity index (χ2n) is 6.25. The first-order valence-electron chi connectivity index (χ1n) is 8.28. The molecule has 0 aliphatic carbocycles. The highest BCUT2D eigenvalue weighted by molar-refractivity contribution is 5.58. The Balaban J connectivity index is 1.58. The molecule has 0 bridgehead atoms. The Kier molecular flexibility index (Phi) is 4.34. The first-order chi connectivity index (χ1) is 12.6. The van der Waals surface area contributed by atoms with E-state index < -0.39 is 11.6 Å². The van der Waals surface area contributed by atoms with Crippen LogP contribution in [-0.2, 0) is 4.74 Å². The summed E-state index contributed by atoms with van der Waals surface area (Å²) in [6.45, 7) is 3.36. The molecule has 3 aromatic rings. The first-order valence-corrected chi connectivity index (χ1v) is 8.28. The predicted octanol–water partition coefficient (Wildman–Crippen LogP) is 3.50. The van der Waals surface area contributed by atoms with Crippen molar-refractivity contribution in [3.63, 3.8) is 0 Å². The summed E-state index contributed by atoms with van der Waals surface area (Å²) in [5, 5.41) is 7.39. The van der Waals surface area contributed by atoms with E-state index >= 15 is 0 Å². The average molecular weight is 357 g/mol. The van der Waals surface area contributed by atoms with Crippen LogP contribution in [0, 0.1) is 18.6 Å². The van der Waals surface area contributed by atoms with Crippen LogP contribution in [0.1, 0.15) is 23.6 Å². The number of anilines is 2. The van der Waals surface area contributed by atoms with Crippen LogP contribution in [0.3, 0.4) is 0 Å². The van der Waals surface area contributed by atoms with Crippen molar-refractivity contribution in [3.05, 3.63) is 59.7 Å². The maximum absolute atomic E-state index is 13.4. The molecule has 1 aromatic carbocycles. The molecule has 0 amide bonds. The predicted molar refractivity (Wildman–Crippen MR) is 91.7 cm³/mol. The molecule has 8 heteroatoms. The van der Waals surface area contributed by atoms with Gasteiger partial charge in [-0.25, -0.2) is 13.5 Å². The third-order valence-corrected chi connectivity index (χ3v) is 4.32. The van der Waals surface area contributed by atoms with Crippen molar-refractivity contribution in [2.75, 3.05) is 18.5 Å². The summed E-state index contributed by atoms with van der Waals surface area (Å²) < 4.78 is 33.5. The van der Waals surface area contributed by atoms with Gasteiger partial charge in [0.25, 0.3) is 0 Å². The van der Waals surface area contributed by atoms with Crippen molar-refractivity contribution in [1.29, 1.82) is 0 Å². The summed E-state index contributed by atoms with van der Waals surface area (Å²) >= 11 is 0. The molecule has 0 saturated carbocycles. The van der Waals surface area contributed by atoms with Crippen molar-refractivity contribution in [2.24, 2.45) is 0 Å². The molecule has 2 aromatic heterocycles. The molecule has 26 heavy (non-hydrogen) atoms. The summed E-state index contributed by atoms with van der Waals surface area (Å²) in [6.07, 6.45) is 4.15. The van der Waals surface area contributed by atoms with Gasteiger partial charge >= 0.3 is 0 Å². The molecule has 3 heterocycles. The minimum atomic E-state index is -0.668. The molecule has 4 rings (SSSR count). The third-order valence-electron chi connectivity index (χ3n) is 4.32. The van der Waals surface area contributed by atoms with Gasteiger partial charge in [0, 0.05) is 36.2 Å². The standard InChI is InChI=1S/C18H17F2N5O/c1-11-8-21-17(12-2-3-26-9-12)7-16(11)23-18-22-10-25(24-18)15-5-13(19)4-14(20)6-15/h4-8,10,12H,2-3,9H2,1H3,(H,21,23,24). The summed E-state index contributed by atoms with van der Waals surface area (Å²) in [7, 11) is 0. The van der Waals surface area contributed by atoms with Gasteiger partial charge in [0.2, 0.25) is 5.95 Å². The van der Waals surface area contributed by atoms with Crippen molar-refractivity contribution in [3.8, 4) is 5.69 Å². The van der Waals surface area contributed by atoms with Gasteiger partial charge in [-0.05, 0) is 37.1 Å². The van der Waals surface area contributed by atoms with E-state index in [0.717, 1.165) is 36.0 Å². The lowest BCUT2D eigenvalue weighted by Gasteiger charge is -2.11. The summed E-state index contributed by atoms with van der Waals surface area (Å²) in [5.41, 5.74) is 3.01. The minimum Gasteiger partial charge on any atom is -0.381 e. The second kappa shape index (κ2) is 6.80. The van der Waals surface area contributed by atoms with Gasteiger partial charge in [-0.1, -0.05) is 0 Å². The van der Waals surface area contributed by atoms with Crippen molar-refractivity contribution in [2.45, 2.75) is 19.3 Å². The highest BCUT2D eigenvalue weighted by Crippen LogP contribution is 2.27. The summed E-state index contributed by atoms with van der Waals surface area (Å²) in [5.74, 6) is -0.716. The molecule has 1 unspecified atom stereocenters. The molecule has 1 N–H and O–H groups in total. The molecule has 1 fully saturated rings. The SMILES string of the molecule is Cc1cnc(C2CCOC2)cc1Nc1ncn(-c2cc(F)cc(F)c2)n1. The third kappa shape index (κ3) is 3.41. The van der Waals surface area contributed by atoms with Gasteiger partial charge in [-0.3, -0.25) is 4.98 Å². The zero-order chi connectivity index (χ0) is 18.1. The number of hydrogen-bond acceptors (Lipinski definition) is 5. The molecular weight excluding hydrogens is 340 g/mol. The van der Waals surface area contributed by atoms with Crippen LogP contribution in [0.5, 0.6) is 0 Å². The monoisotopic (exact) mass is 357 g/mol. The van der Waals surface area contributed by atoms with Crippen LogP contribution >= 0.6 is 0 Å². The van der Waals surface area contributed by atoms with E-state index in [2.05, 4.69) is 20.4 Å². The molecule has 1 aliphatic rings. The Hall–Kier alpha value is -2.87. The van der Waals surface area contributed by atoms with E-state index in [-0.39, 0.29) is 11.6 Å². The van der Waals surface area contributed by atoms with Gasteiger partial charge in [-0.2, -0.15) is 4.98 Å². The van der Waals surface area contributed by atoms with E-state index in [0.29, 0.717) is 12.6 Å². The minimum absolute atomic E-state index is 0.262. The largest absolute Gasteiger partial charge is 0.381 e.